The lowest BCUT2D eigenvalue weighted by Gasteiger charge is -2.38. The van der Waals surface area contributed by atoms with Crippen LogP contribution in [0, 0.1) is 35.5 Å². The van der Waals surface area contributed by atoms with Crippen molar-refractivity contribution in [2.45, 2.75) is 46.0 Å². The van der Waals surface area contributed by atoms with Crippen molar-refractivity contribution < 1.29 is 4.79 Å². The van der Waals surface area contributed by atoms with Crippen LogP contribution in [-0.4, -0.2) is 5.78 Å². The predicted octanol–water partition coefficient (Wildman–Crippen LogP) is 3.28. The van der Waals surface area contributed by atoms with Crippen LogP contribution in [0.3, 0.4) is 0 Å². The summed E-state index contributed by atoms with van der Waals surface area (Å²) in [5.74, 6) is 5.73. The topological polar surface area (TPSA) is 17.1 Å². The summed E-state index contributed by atoms with van der Waals surface area (Å²) in [6.07, 6.45) is 6.70. The molecule has 15 heavy (non-hydrogen) atoms. The molecular formula is C14H22O. The van der Waals surface area contributed by atoms with Crippen molar-refractivity contribution in [1.29, 1.82) is 0 Å². The highest BCUT2D eigenvalue weighted by molar-refractivity contribution is 5.78. The summed E-state index contributed by atoms with van der Waals surface area (Å²) >= 11 is 0. The summed E-state index contributed by atoms with van der Waals surface area (Å²) in [5.41, 5.74) is 0. The van der Waals surface area contributed by atoms with Crippen molar-refractivity contribution in [2.75, 3.05) is 0 Å². The van der Waals surface area contributed by atoms with Gasteiger partial charge in [0.25, 0.3) is 0 Å². The molecule has 6 atom stereocenters. The first-order valence-corrected chi connectivity index (χ1v) is 6.69. The molecule has 0 amide bonds. The first-order valence-electron chi connectivity index (χ1n) is 6.69. The molecule has 0 spiro atoms. The Bertz CT molecular complexity index is 283. The van der Waals surface area contributed by atoms with Crippen molar-refractivity contribution in [2.24, 2.45) is 35.5 Å². The van der Waals surface area contributed by atoms with Gasteiger partial charge in [0, 0.05) is 5.92 Å². The van der Waals surface area contributed by atoms with Gasteiger partial charge in [-0.1, -0.05) is 6.92 Å². The lowest BCUT2D eigenvalue weighted by molar-refractivity contribution is -0.122. The number of rotatable bonds is 1. The van der Waals surface area contributed by atoms with Crippen LogP contribution in [0.1, 0.15) is 46.0 Å². The number of Topliss-reactive ketones (excluding diaryl/α,β-unsaturated/α-hetero) is 1. The average molecular weight is 206 g/mol. The van der Waals surface area contributed by atoms with Gasteiger partial charge in [0.15, 0.2) is 0 Å². The molecule has 84 valence electrons. The van der Waals surface area contributed by atoms with E-state index in [4.69, 9.17) is 0 Å². The minimum atomic E-state index is 0.415. The molecule has 3 aliphatic carbocycles. The van der Waals surface area contributed by atoms with Crippen LogP contribution in [0.5, 0.6) is 0 Å². The summed E-state index contributed by atoms with van der Waals surface area (Å²) in [5, 5.41) is 0. The van der Waals surface area contributed by atoms with E-state index < -0.39 is 0 Å². The molecule has 0 N–H and O–H groups in total. The zero-order valence-corrected chi connectivity index (χ0v) is 9.91. The van der Waals surface area contributed by atoms with Gasteiger partial charge in [-0.3, -0.25) is 4.79 Å². The molecule has 0 aliphatic heterocycles. The predicted molar refractivity (Wildman–Crippen MR) is 60.4 cm³/mol. The monoisotopic (exact) mass is 206 g/mol. The Morgan fingerprint density at radius 2 is 1.53 bits per heavy atom. The van der Waals surface area contributed by atoms with Crippen molar-refractivity contribution in [3.05, 3.63) is 0 Å². The fourth-order valence-corrected chi connectivity index (χ4v) is 5.06. The zero-order chi connectivity index (χ0) is 10.6. The summed E-state index contributed by atoms with van der Waals surface area (Å²) in [7, 11) is 0. The Kier molecular flexibility index (Phi) is 2.19. The van der Waals surface area contributed by atoms with Crippen molar-refractivity contribution >= 4 is 5.78 Å². The Hall–Kier alpha value is -0.330. The molecule has 6 unspecified atom stereocenters. The lowest BCUT2D eigenvalue weighted by Crippen LogP contribution is -2.32. The molecular weight excluding hydrogens is 184 g/mol. The minimum Gasteiger partial charge on any atom is -0.300 e. The smallest absolute Gasteiger partial charge is 0.132 e. The third kappa shape index (κ3) is 1.31. The highest BCUT2D eigenvalue weighted by Gasteiger charge is 2.53. The molecule has 0 radical (unpaired) electrons. The maximum Gasteiger partial charge on any atom is 0.132 e. The van der Waals surface area contributed by atoms with E-state index in [0.717, 1.165) is 29.6 Å². The average Bonchev–Trinajstić information content (AvgIpc) is 2.72. The second-order valence-corrected chi connectivity index (χ2v) is 6.21. The van der Waals surface area contributed by atoms with E-state index >= 15 is 0 Å². The zero-order valence-electron chi connectivity index (χ0n) is 9.91. The van der Waals surface area contributed by atoms with Gasteiger partial charge in [0.05, 0.1) is 0 Å². The van der Waals surface area contributed by atoms with Gasteiger partial charge in [-0.2, -0.15) is 0 Å². The summed E-state index contributed by atoms with van der Waals surface area (Å²) in [6.45, 7) is 4.26. The molecule has 0 aromatic carbocycles. The molecule has 3 rings (SSSR count). The van der Waals surface area contributed by atoms with Crippen LogP contribution in [0.25, 0.3) is 0 Å². The third-order valence-corrected chi connectivity index (χ3v) is 5.81. The van der Waals surface area contributed by atoms with Crippen LogP contribution in [-0.2, 0) is 4.79 Å². The van der Waals surface area contributed by atoms with Gasteiger partial charge in [0.1, 0.15) is 5.78 Å². The highest BCUT2D eigenvalue weighted by atomic mass is 16.1. The van der Waals surface area contributed by atoms with E-state index in [9.17, 15) is 4.79 Å². The number of carbonyl (C=O) groups excluding carboxylic acids is 1. The Morgan fingerprint density at radius 3 is 2.20 bits per heavy atom. The van der Waals surface area contributed by atoms with Gasteiger partial charge >= 0.3 is 0 Å². The number of ketones is 1. The van der Waals surface area contributed by atoms with Crippen molar-refractivity contribution in [1.82, 2.24) is 0 Å². The number of fused-ring (bicyclic) bond motifs is 5. The second-order valence-electron chi connectivity index (χ2n) is 6.21. The van der Waals surface area contributed by atoms with Crippen molar-refractivity contribution in [3.8, 4) is 0 Å². The second kappa shape index (κ2) is 3.33. The van der Waals surface area contributed by atoms with E-state index in [0.29, 0.717) is 11.7 Å². The third-order valence-electron chi connectivity index (χ3n) is 5.81. The Balaban J connectivity index is 1.78. The van der Waals surface area contributed by atoms with Gasteiger partial charge in [-0.15, -0.1) is 0 Å². The largest absolute Gasteiger partial charge is 0.300 e. The molecule has 1 nitrogen and oxygen atoms in total. The van der Waals surface area contributed by atoms with Crippen molar-refractivity contribution in [3.63, 3.8) is 0 Å². The van der Waals surface area contributed by atoms with Gasteiger partial charge in [0.2, 0.25) is 0 Å². The summed E-state index contributed by atoms with van der Waals surface area (Å²) in [4.78, 5) is 11.5. The first-order chi connectivity index (χ1) is 7.18. The maximum absolute atomic E-state index is 11.5. The molecule has 0 saturated heterocycles. The maximum atomic E-state index is 11.5. The molecule has 0 aromatic heterocycles. The minimum absolute atomic E-state index is 0.415. The fourth-order valence-electron chi connectivity index (χ4n) is 5.06. The summed E-state index contributed by atoms with van der Waals surface area (Å²) < 4.78 is 0. The van der Waals surface area contributed by atoms with E-state index in [1.807, 2.05) is 0 Å². The first kappa shape index (κ1) is 9.86. The van der Waals surface area contributed by atoms with Crippen LogP contribution >= 0.6 is 0 Å². The van der Waals surface area contributed by atoms with Crippen LogP contribution < -0.4 is 0 Å². The quantitative estimate of drug-likeness (QED) is 0.643. The fraction of sp³-hybridized carbons (Fsp3) is 0.929. The number of hydrogen-bond acceptors (Lipinski definition) is 1. The molecule has 0 heterocycles. The summed E-state index contributed by atoms with van der Waals surface area (Å²) in [6, 6.07) is 0. The Morgan fingerprint density at radius 1 is 0.933 bits per heavy atom. The van der Waals surface area contributed by atoms with Gasteiger partial charge in [-0.25, -0.2) is 0 Å². The Labute approximate surface area is 92.6 Å². The molecule has 0 aromatic rings. The highest BCUT2D eigenvalue weighted by Crippen LogP contribution is 2.61. The number of carbonyl (C=O) groups is 1. The van der Waals surface area contributed by atoms with E-state index in [1.54, 1.807) is 6.92 Å². The van der Waals surface area contributed by atoms with Gasteiger partial charge in [-0.05, 0) is 68.6 Å². The SMILES string of the molecule is CC(=O)C1CCC2C3CCC(C3C)C2C1. The van der Waals surface area contributed by atoms with E-state index in [1.165, 1.54) is 32.1 Å². The van der Waals surface area contributed by atoms with E-state index in [2.05, 4.69) is 6.92 Å². The van der Waals surface area contributed by atoms with E-state index in [-0.39, 0.29) is 0 Å². The van der Waals surface area contributed by atoms with Crippen LogP contribution in [0.15, 0.2) is 0 Å². The van der Waals surface area contributed by atoms with Crippen LogP contribution in [0.4, 0.5) is 0 Å². The van der Waals surface area contributed by atoms with Gasteiger partial charge < -0.3 is 0 Å². The molecule has 1 heteroatoms. The lowest BCUT2D eigenvalue weighted by atomic mass is 9.67. The molecule has 3 aliphatic rings. The molecule has 3 fully saturated rings. The number of hydrogen-bond donors (Lipinski definition) is 0. The standard InChI is InChI=1S/C14H22O/c1-8-11-5-6-12(8)14-7-10(9(2)15)3-4-13(11)14/h8,10-14H,3-7H2,1-2H3. The molecule has 2 bridgehead atoms. The van der Waals surface area contributed by atoms with Crippen LogP contribution in [0.2, 0.25) is 0 Å². The normalized spacial score (nSPS) is 52.9. The molecule has 3 saturated carbocycles.